The fourth-order valence-electron chi connectivity index (χ4n) is 3.89. The largest absolute Gasteiger partial charge is 0.341 e. The maximum absolute atomic E-state index is 13.0. The molecule has 2 aromatic carbocycles. The van der Waals surface area contributed by atoms with Gasteiger partial charge in [0.1, 0.15) is 0 Å². The highest BCUT2D eigenvalue weighted by molar-refractivity contribution is 8.01. The van der Waals surface area contributed by atoms with E-state index in [0.717, 1.165) is 19.5 Å². The number of fused-ring (bicyclic) bond motifs is 1. The van der Waals surface area contributed by atoms with Crippen LogP contribution >= 0.6 is 24.2 Å². The van der Waals surface area contributed by atoms with Crippen molar-refractivity contribution in [3.8, 4) is 0 Å². The van der Waals surface area contributed by atoms with Gasteiger partial charge < -0.3 is 10.6 Å². The molecule has 3 nitrogen and oxygen atoms in total. The molecule has 0 aliphatic carbocycles. The van der Waals surface area contributed by atoms with Crippen molar-refractivity contribution < 1.29 is 4.79 Å². The normalized spacial score (nSPS) is 24.7. The average Bonchev–Trinajstić information content (AvgIpc) is 3.26. The van der Waals surface area contributed by atoms with Crippen molar-refractivity contribution in [1.82, 2.24) is 4.90 Å². The zero-order valence-electron chi connectivity index (χ0n) is 14.0. The van der Waals surface area contributed by atoms with Crippen LogP contribution in [0.2, 0.25) is 0 Å². The molecule has 0 bridgehead atoms. The van der Waals surface area contributed by atoms with Gasteiger partial charge in [0, 0.05) is 23.9 Å². The molecule has 1 fully saturated rings. The number of nitrogens with two attached hydrogens (primary N) is 1. The van der Waals surface area contributed by atoms with Crippen LogP contribution in [0.4, 0.5) is 0 Å². The third-order valence-corrected chi connectivity index (χ3v) is 6.51. The van der Waals surface area contributed by atoms with Gasteiger partial charge in [-0.25, -0.2) is 0 Å². The Morgan fingerprint density at radius 1 is 1.08 bits per heavy atom. The number of likely N-dealkylation sites (tertiary alicyclic amines) is 1. The van der Waals surface area contributed by atoms with Crippen molar-refractivity contribution >= 4 is 30.1 Å². The molecule has 1 unspecified atom stereocenters. The molecule has 25 heavy (non-hydrogen) atoms. The predicted octanol–water partition coefficient (Wildman–Crippen LogP) is 3.33. The molecular formula is C20H23ClN2OS. The van der Waals surface area contributed by atoms with Gasteiger partial charge in [-0.3, -0.25) is 4.79 Å². The highest BCUT2D eigenvalue weighted by Gasteiger charge is 2.39. The standard InChI is InChI=1S/C20H22N2OS.ClH/c21-11-16-12-22(13-17(16)14-6-2-1-3-7-14)20(23)19-10-15-8-4-5-9-18(15)24-19;/h1-9,16-17,19H,10-13,21H2;1H/t16-,17+,19?;/m1./s1. The summed E-state index contributed by atoms with van der Waals surface area (Å²) in [4.78, 5) is 16.3. The number of carbonyl (C=O) groups excluding carboxylic acids is 1. The maximum Gasteiger partial charge on any atom is 0.236 e. The van der Waals surface area contributed by atoms with Gasteiger partial charge in [0.05, 0.1) is 5.25 Å². The minimum Gasteiger partial charge on any atom is -0.341 e. The molecule has 2 aliphatic rings. The second-order valence-corrected chi connectivity index (χ2v) is 7.92. The molecular weight excluding hydrogens is 352 g/mol. The average molecular weight is 375 g/mol. The lowest BCUT2D eigenvalue weighted by Gasteiger charge is -2.20. The number of hydrogen-bond acceptors (Lipinski definition) is 3. The molecule has 3 atom stereocenters. The number of carbonyl (C=O) groups is 1. The van der Waals surface area contributed by atoms with E-state index in [4.69, 9.17) is 5.73 Å². The molecule has 2 N–H and O–H groups in total. The quantitative estimate of drug-likeness (QED) is 0.896. The molecule has 4 rings (SSSR count). The Bertz CT molecular complexity index is 714. The summed E-state index contributed by atoms with van der Waals surface area (Å²) < 4.78 is 0. The summed E-state index contributed by atoms with van der Waals surface area (Å²) >= 11 is 1.71. The summed E-state index contributed by atoms with van der Waals surface area (Å²) in [5, 5.41) is 0.0235. The van der Waals surface area contributed by atoms with E-state index in [1.54, 1.807) is 11.8 Å². The number of thioether (sulfide) groups is 1. The second-order valence-electron chi connectivity index (χ2n) is 6.67. The van der Waals surface area contributed by atoms with E-state index >= 15 is 0 Å². The second kappa shape index (κ2) is 7.81. The molecule has 1 saturated heterocycles. The monoisotopic (exact) mass is 374 g/mol. The van der Waals surface area contributed by atoms with E-state index in [1.165, 1.54) is 16.0 Å². The number of hydrogen-bond donors (Lipinski definition) is 1. The van der Waals surface area contributed by atoms with E-state index in [0.29, 0.717) is 18.4 Å². The Kier molecular flexibility index (Phi) is 5.72. The number of amides is 1. The lowest BCUT2D eigenvalue weighted by Crippen LogP contribution is -2.36. The van der Waals surface area contributed by atoms with Gasteiger partial charge >= 0.3 is 0 Å². The van der Waals surface area contributed by atoms with Gasteiger partial charge in [0.2, 0.25) is 5.91 Å². The fraction of sp³-hybridized carbons (Fsp3) is 0.350. The lowest BCUT2D eigenvalue weighted by atomic mass is 9.89. The molecule has 0 aromatic heterocycles. The first-order valence-corrected chi connectivity index (χ1v) is 9.42. The van der Waals surface area contributed by atoms with Gasteiger partial charge in [0.25, 0.3) is 0 Å². The Morgan fingerprint density at radius 2 is 1.80 bits per heavy atom. The van der Waals surface area contributed by atoms with Gasteiger partial charge in [-0.2, -0.15) is 0 Å². The highest BCUT2D eigenvalue weighted by atomic mass is 35.5. The van der Waals surface area contributed by atoms with Crippen molar-refractivity contribution in [3.63, 3.8) is 0 Å². The Hall–Kier alpha value is -1.49. The summed E-state index contributed by atoms with van der Waals surface area (Å²) in [5.74, 6) is 0.979. The molecule has 2 heterocycles. The summed E-state index contributed by atoms with van der Waals surface area (Å²) in [5.41, 5.74) is 8.60. The molecule has 0 saturated carbocycles. The predicted molar refractivity (Wildman–Crippen MR) is 105 cm³/mol. The zero-order chi connectivity index (χ0) is 16.5. The Balaban J connectivity index is 0.00000182. The van der Waals surface area contributed by atoms with E-state index in [2.05, 4.69) is 42.5 Å². The maximum atomic E-state index is 13.0. The van der Waals surface area contributed by atoms with Crippen molar-refractivity contribution in [2.45, 2.75) is 22.5 Å². The zero-order valence-corrected chi connectivity index (χ0v) is 15.6. The van der Waals surface area contributed by atoms with Crippen LogP contribution in [-0.4, -0.2) is 35.7 Å². The van der Waals surface area contributed by atoms with E-state index in [9.17, 15) is 4.79 Å². The van der Waals surface area contributed by atoms with E-state index < -0.39 is 0 Å². The molecule has 0 radical (unpaired) electrons. The van der Waals surface area contributed by atoms with Crippen molar-refractivity contribution in [2.75, 3.05) is 19.6 Å². The van der Waals surface area contributed by atoms with Crippen LogP contribution in [0.3, 0.4) is 0 Å². The van der Waals surface area contributed by atoms with Crippen LogP contribution in [0.15, 0.2) is 59.5 Å². The SMILES string of the molecule is Cl.NC[C@@H]1CN(C(=O)C2Cc3ccccc3S2)C[C@H]1c1ccccc1. The summed E-state index contributed by atoms with van der Waals surface area (Å²) in [6, 6.07) is 18.8. The minimum absolute atomic E-state index is 0. The Labute approximate surface area is 159 Å². The van der Waals surface area contributed by atoms with Gasteiger partial charge in [-0.15, -0.1) is 24.2 Å². The fourth-order valence-corrected chi connectivity index (χ4v) is 5.17. The van der Waals surface area contributed by atoms with Crippen LogP contribution < -0.4 is 5.73 Å². The van der Waals surface area contributed by atoms with Gasteiger partial charge in [-0.05, 0) is 36.1 Å². The van der Waals surface area contributed by atoms with Gasteiger partial charge in [0.15, 0.2) is 0 Å². The lowest BCUT2D eigenvalue weighted by molar-refractivity contribution is -0.129. The number of rotatable bonds is 3. The van der Waals surface area contributed by atoms with Crippen molar-refractivity contribution in [2.24, 2.45) is 11.7 Å². The van der Waals surface area contributed by atoms with E-state index in [1.807, 2.05) is 17.0 Å². The smallest absolute Gasteiger partial charge is 0.236 e. The van der Waals surface area contributed by atoms with Crippen molar-refractivity contribution in [3.05, 3.63) is 65.7 Å². The third-order valence-electron chi connectivity index (χ3n) is 5.21. The molecule has 0 spiro atoms. The molecule has 5 heteroatoms. The first-order valence-electron chi connectivity index (χ1n) is 8.54. The Morgan fingerprint density at radius 3 is 2.52 bits per heavy atom. The van der Waals surface area contributed by atoms with Crippen LogP contribution in [0.25, 0.3) is 0 Å². The summed E-state index contributed by atoms with van der Waals surface area (Å²) in [6.07, 6.45) is 0.847. The minimum atomic E-state index is 0. The summed E-state index contributed by atoms with van der Waals surface area (Å²) in [6.45, 7) is 2.20. The van der Waals surface area contributed by atoms with Crippen LogP contribution in [0, 0.1) is 5.92 Å². The molecule has 132 valence electrons. The van der Waals surface area contributed by atoms with Crippen LogP contribution in [-0.2, 0) is 11.2 Å². The van der Waals surface area contributed by atoms with Crippen molar-refractivity contribution in [1.29, 1.82) is 0 Å². The topological polar surface area (TPSA) is 46.3 Å². The van der Waals surface area contributed by atoms with Crippen LogP contribution in [0.5, 0.6) is 0 Å². The molecule has 2 aliphatic heterocycles. The highest BCUT2D eigenvalue weighted by Crippen LogP contribution is 2.39. The van der Waals surface area contributed by atoms with Gasteiger partial charge in [-0.1, -0.05) is 48.5 Å². The number of benzene rings is 2. The number of halogens is 1. The first-order chi connectivity index (χ1) is 11.8. The van der Waals surface area contributed by atoms with Crippen LogP contribution in [0.1, 0.15) is 17.0 Å². The van der Waals surface area contributed by atoms with E-state index in [-0.39, 0.29) is 23.6 Å². The number of nitrogens with zero attached hydrogens (tertiary/aromatic N) is 1. The first kappa shape index (κ1) is 18.3. The third kappa shape index (κ3) is 3.57. The summed E-state index contributed by atoms with van der Waals surface area (Å²) in [7, 11) is 0. The molecule has 1 amide bonds. The molecule has 2 aromatic rings.